The third-order valence-corrected chi connectivity index (χ3v) is 5.40. The molecule has 0 unspecified atom stereocenters. The summed E-state index contributed by atoms with van der Waals surface area (Å²) in [6.07, 6.45) is 1.91. The van der Waals surface area contributed by atoms with Gasteiger partial charge in [0.2, 0.25) is 15.9 Å². The van der Waals surface area contributed by atoms with Crippen molar-refractivity contribution in [2.75, 3.05) is 31.1 Å². The Morgan fingerprint density at radius 3 is 2.38 bits per heavy atom. The number of primary sulfonamides is 1. The number of sulfonamides is 1. The number of nitrogens with zero attached hydrogens (tertiary/aromatic N) is 3. The highest BCUT2D eigenvalue weighted by Crippen LogP contribution is 2.22. The van der Waals surface area contributed by atoms with Crippen LogP contribution in [-0.4, -0.2) is 50.4 Å². The second-order valence-electron chi connectivity index (χ2n) is 6.40. The molecule has 0 saturated carbocycles. The molecule has 2 aromatic rings. The smallest absolute Gasteiger partial charge is 0.241 e. The molecular formula is C18H22N4O3S. The number of pyridine rings is 1. The molecule has 1 aliphatic heterocycles. The van der Waals surface area contributed by atoms with Gasteiger partial charge in [-0.15, -0.1) is 0 Å². The summed E-state index contributed by atoms with van der Waals surface area (Å²) in [6, 6.07) is 10.9. The summed E-state index contributed by atoms with van der Waals surface area (Å²) in [6.45, 7) is 4.08. The van der Waals surface area contributed by atoms with Crippen molar-refractivity contribution < 1.29 is 13.2 Å². The van der Waals surface area contributed by atoms with E-state index in [1.165, 1.54) is 6.07 Å². The Labute approximate surface area is 153 Å². The van der Waals surface area contributed by atoms with Crippen molar-refractivity contribution in [3.63, 3.8) is 0 Å². The van der Waals surface area contributed by atoms with Crippen molar-refractivity contribution in [1.82, 2.24) is 9.88 Å². The van der Waals surface area contributed by atoms with Crippen LogP contribution in [0.4, 0.5) is 5.82 Å². The molecule has 2 heterocycles. The topological polar surface area (TPSA) is 96.6 Å². The van der Waals surface area contributed by atoms with Gasteiger partial charge in [-0.2, -0.15) is 0 Å². The van der Waals surface area contributed by atoms with Crippen LogP contribution in [0.2, 0.25) is 0 Å². The molecule has 1 fully saturated rings. The molecule has 0 spiro atoms. The van der Waals surface area contributed by atoms with E-state index >= 15 is 0 Å². The average Bonchev–Trinajstić information content (AvgIpc) is 2.63. The zero-order valence-corrected chi connectivity index (χ0v) is 15.4. The number of carbonyl (C=O) groups excluding carboxylic acids is 1. The minimum Gasteiger partial charge on any atom is -0.352 e. The molecular weight excluding hydrogens is 352 g/mol. The Hall–Kier alpha value is -2.45. The molecule has 1 amide bonds. The first-order valence-corrected chi connectivity index (χ1v) is 9.95. The first-order valence-electron chi connectivity index (χ1n) is 8.41. The van der Waals surface area contributed by atoms with Gasteiger partial charge in [-0.05, 0) is 24.6 Å². The number of aromatic nitrogens is 1. The second kappa shape index (κ2) is 7.43. The summed E-state index contributed by atoms with van der Waals surface area (Å²) in [5.41, 5.74) is 2.15. The maximum absolute atomic E-state index is 12.5. The first kappa shape index (κ1) is 18.3. The van der Waals surface area contributed by atoms with Gasteiger partial charge in [-0.1, -0.05) is 29.8 Å². The Morgan fingerprint density at radius 1 is 1.12 bits per heavy atom. The van der Waals surface area contributed by atoms with Crippen molar-refractivity contribution in [1.29, 1.82) is 0 Å². The van der Waals surface area contributed by atoms with Crippen molar-refractivity contribution in [3.05, 3.63) is 53.7 Å². The predicted molar refractivity (Wildman–Crippen MR) is 99.3 cm³/mol. The molecule has 1 saturated heterocycles. The summed E-state index contributed by atoms with van der Waals surface area (Å²) in [5.74, 6) is 0.418. The van der Waals surface area contributed by atoms with E-state index in [-0.39, 0.29) is 10.8 Å². The average molecular weight is 374 g/mol. The Kier molecular flexibility index (Phi) is 5.24. The zero-order chi connectivity index (χ0) is 18.7. The SMILES string of the molecule is Cc1ccc(CC(=O)N2CCN(c3ncccc3S(N)(=O)=O)CC2)cc1. The second-order valence-corrected chi connectivity index (χ2v) is 7.93. The molecule has 1 aromatic carbocycles. The first-order chi connectivity index (χ1) is 12.3. The largest absolute Gasteiger partial charge is 0.352 e. The summed E-state index contributed by atoms with van der Waals surface area (Å²) >= 11 is 0. The molecule has 1 aliphatic rings. The van der Waals surface area contributed by atoms with Crippen LogP contribution in [0.5, 0.6) is 0 Å². The highest BCUT2D eigenvalue weighted by molar-refractivity contribution is 7.89. The summed E-state index contributed by atoms with van der Waals surface area (Å²) in [5, 5.41) is 5.28. The molecule has 1 aromatic heterocycles. The van der Waals surface area contributed by atoms with Gasteiger partial charge in [-0.25, -0.2) is 18.5 Å². The highest BCUT2D eigenvalue weighted by atomic mass is 32.2. The number of aryl methyl sites for hydroxylation is 1. The van der Waals surface area contributed by atoms with Crippen LogP contribution >= 0.6 is 0 Å². The lowest BCUT2D eigenvalue weighted by Gasteiger charge is -2.36. The van der Waals surface area contributed by atoms with Crippen LogP contribution in [0.3, 0.4) is 0 Å². The highest BCUT2D eigenvalue weighted by Gasteiger charge is 2.25. The fraction of sp³-hybridized carbons (Fsp3) is 0.333. The Bertz CT molecular complexity index is 889. The van der Waals surface area contributed by atoms with Crippen molar-refractivity contribution in [3.8, 4) is 0 Å². The molecule has 138 valence electrons. The summed E-state index contributed by atoms with van der Waals surface area (Å²) < 4.78 is 23.5. The van der Waals surface area contributed by atoms with Crippen LogP contribution in [0, 0.1) is 6.92 Å². The Balaban J connectivity index is 1.64. The normalized spacial score (nSPS) is 15.2. The van der Waals surface area contributed by atoms with Crippen LogP contribution in [0.15, 0.2) is 47.5 Å². The van der Waals surface area contributed by atoms with Crippen molar-refractivity contribution in [2.45, 2.75) is 18.2 Å². The molecule has 2 N–H and O–H groups in total. The van der Waals surface area contributed by atoms with E-state index in [4.69, 9.17) is 5.14 Å². The molecule has 8 heteroatoms. The standard InChI is InChI=1S/C18H22N4O3S/c1-14-4-6-15(7-5-14)13-17(23)21-9-11-22(12-10-21)18-16(26(19,24)25)3-2-8-20-18/h2-8H,9-13H2,1H3,(H2,19,24,25). The molecule has 0 radical (unpaired) electrons. The fourth-order valence-electron chi connectivity index (χ4n) is 3.00. The van der Waals surface area contributed by atoms with Crippen LogP contribution in [0.25, 0.3) is 0 Å². The van der Waals surface area contributed by atoms with Crippen LogP contribution < -0.4 is 10.0 Å². The van der Waals surface area contributed by atoms with Gasteiger partial charge in [-0.3, -0.25) is 4.79 Å². The van der Waals surface area contributed by atoms with Gasteiger partial charge in [0.25, 0.3) is 0 Å². The molecule has 0 bridgehead atoms. The lowest BCUT2D eigenvalue weighted by molar-refractivity contribution is -0.130. The van der Waals surface area contributed by atoms with E-state index < -0.39 is 10.0 Å². The zero-order valence-electron chi connectivity index (χ0n) is 14.6. The number of anilines is 1. The molecule has 26 heavy (non-hydrogen) atoms. The van der Waals surface area contributed by atoms with Gasteiger partial charge in [0.1, 0.15) is 10.7 Å². The summed E-state index contributed by atoms with van der Waals surface area (Å²) in [4.78, 5) is 20.3. The van der Waals surface area contributed by atoms with E-state index in [9.17, 15) is 13.2 Å². The number of amides is 1. The van der Waals surface area contributed by atoms with Gasteiger partial charge >= 0.3 is 0 Å². The van der Waals surface area contributed by atoms with Gasteiger partial charge in [0.15, 0.2) is 0 Å². The molecule has 3 rings (SSSR count). The van der Waals surface area contributed by atoms with E-state index in [1.807, 2.05) is 36.1 Å². The minimum atomic E-state index is -3.84. The van der Waals surface area contributed by atoms with Crippen LogP contribution in [0.1, 0.15) is 11.1 Å². The van der Waals surface area contributed by atoms with Gasteiger partial charge in [0, 0.05) is 32.4 Å². The monoisotopic (exact) mass is 374 g/mol. The molecule has 0 atom stereocenters. The van der Waals surface area contributed by atoms with Gasteiger partial charge in [0.05, 0.1) is 6.42 Å². The molecule has 0 aliphatic carbocycles. The number of benzene rings is 1. The number of carbonyl (C=O) groups is 1. The number of piperazine rings is 1. The van der Waals surface area contributed by atoms with Crippen LogP contribution in [-0.2, 0) is 21.2 Å². The maximum atomic E-state index is 12.5. The lowest BCUT2D eigenvalue weighted by Crippen LogP contribution is -2.49. The quantitative estimate of drug-likeness (QED) is 0.859. The Morgan fingerprint density at radius 2 is 1.77 bits per heavy atom. The predicted octanol–water partition coefficient (Wildman–Crippen LogP) is 0.929. The third-order valence-electron chi connectivity index (χ3n) is 4.47. The number of hydrogen-bond donors (Lipinski definition) is 1. The lowest BCUT2D eigenvalue weighted by atomic mass is 10.1. The summed E-state index contributed by atoms with van der Waals surface area (Å²) in [7, 11) is -3.84. The van der Waals surface area contributed by atoms with E-state index in [0.717, 1.165) is 11.1 Å². The number of rotatable bonds is 4. The third kappa shape index (κ3) is 4.20. The van der Waals surface area contributed by atoms with Gasteiger partial charge < -0.3 is 9.80 Å². The van der Waals surface area contributed by atoms with E-state index in [2.05, 4.69) is 4.98 Å². The number of nitrogens with two attached hydrogens (primary N) is 1. The fourth-order valence-corrected chi connectivity index (χ4v) is 3.71. The maximum Gasteiger partial charge on any atom is 0.241 e. The minimum absolute atomic E-state index is 0.0134. The number of hydrogen-bond acceptors (Lipinski definition) is 5. The van der Waals surface area contributed by atoms with Crippen molar-refractivity contribution >= 4 is 21.7 Å². The molecule has 7 nitrogen and oxygen atoms in total. The van der Waals surface area contributed by atoms with E-state index in [0.29, 0.717) is 38.4 Å². The van der Waals surface area contributed by atoms with E-state index in [1.54, 1.807) is 17.2 Å². The van der Waals surface area contributed by atoms with Crippen molar-refractivity contribution in [2.24, 2.45) is 5.14 Å².